The van der Waals surface area contributed by atoms with Crippen LogP contribution in [0.5, 0.6) is 5.75 Å². The van der Waals surface area contributed by atoms with Gasteiger partial charge in [-0.3, -0.25) is 5.10 Å². The van der Waals surface area contributed by atoms with Crippen LogP contribution < -0.4 is 10.5 Å². The summed E-state index contributed by atoms with van der Waals surface area (Å²) in [4.78, 5) is 0. The molecule has 0 aliphatic carbocycles. The van der Waals surface area contributed by atoms with Crippen LogP contribution in [-0.4, -0.2) is 17.3 Å². The van der Waals surface area contributed by atoms with Gasteiger partial charge in [0, 0.05) is 21.5 Å². The molecule has 0 saturated heterocycles. The fourth-order valence-electron chi connectivity index (χ4n) is 2.09. The number of aromatic amines is 1. The normalized spacial score (nSPS) is 11.1. The highest BCUT2D eigenvalue weighted by Gasteiger charge is 2.17. The molecule has 3 N–H and O–H groups in total. The van der Waals surface area contributed by atoms with Crippen molar-refractivity contribution in [1.82, 2.24) is 10.2 Å². The Morgan fingerprint density at radius 1 is 1.37 bits per heavy atom. The van der Waals surface area contributed by atoms with Crippen LogP contribution in [-0.2, 0) is 0 Å². The summed E-state index contributed by atoms with van der Waals surface area (Å²) in [7, 11) is 1.62. The third kappa shape index (κ3) is 1.88. The van der Waals surface area contributed by atoms with Crippen molar-refractivity contribution >= 4 is 32.7 Å². The van der Waals surface area contributed by atoms with E-state index >= 15 is 0 Å². The Kier molecular flexibility index (Phi) is 2.74. The van der Waals surface area contributed by atoms with E-state index < -0.39 is 0 Å². The Morgan fingerprint density at radius 2 is 2.16 bits per heavy atom. The summed E-state index contributed by atoms with van der Waals surface area (Å²) in [6.07, 6.45) is 0. The van der Waals surface area contributed by atoms with Gasteiger partial charge >= 0.3 is 0 Å². The largest absolute Gasteiger partial charge is 0.493 e. The second-order valence-corrected chi connectivity index (χ2v) is 5.04. The van der Waals surface area contributed by atoms with Crippen LogP contribution in [0.15, 0.2) is 27.1 Å². The topological polar surface area (TPSA) is 77.1 Å². The number of aromatic nitrogens is 2. The molecule has 2 heterocycles. The third-order valence-corrected chi connectivity index (χ3v) is 3.79. The summed E-state index contributed by atoms with van der Waals surface area (Å²) < 4.78 is 12.0. The minimum Gasteiger partial charge on any atom is -0.493 e. The number of rotatable bonds is 2. The Labute approximate surface area is 117 Å². The predicted octanol–water partition coefficient (Wildman–Crippen LogP) is 3.48. The Bertz CT molecular complexity index is 761. The van der Waals surface area contributed by atoms with Crippen molar-refractivity contribution < 1.29 is 9.15 Å². The van der Waals surface area contributed by atoms with Gasteiger partial charge in [-0.1, -0.05) is 0 Å². The first-order valence-electron chi connectivity index (χ1n) is 5.68. The third-order valence-electron chi connectivity index (χ3n) is 2.94. The number of hydrogen-bond donors (Lipinski definition) is 2. The van der Waals surface area contributed by atoms with Crippen molar-refractivity contribution in [3.63, 3.8) is 0 Å². The fraction of sp³-hybridized carbons (Fsp3) is 0.154. The molecule has 0 saturated carbocycles. The van der Waals surface area contributed by atoms with Gasteiger partial charge in [0.2, 0.25) is 0 Å². The van der Waals surface area contributed by atoms with Crippen LogP contribution in [0.25, 0.3) is 22.2 Å². The van der Waals surface area contributed by atoms with E-state index in [1.54, 1.807) is 13.2 Å². The number of anilines is 1. The number of fused-ring (bicyclic) bond motifs is 1. The Balaban J connectivity index is 2.33. The first-order valence-corrected chi connectivity index (χ1v) is 6.47. The van der Waals surface area contributed by atoms with Crippen molar-refractivity contribution in [2.24, 2.45) is 0 Å². The summed E-state index contributed by atoms with van der Waals surface area (Å²) in [5.74, 6) is 1.95. The maximum Gasteiger partial charge on any atom is 0.177 e. The van der Waals surface area contributed by atoms with Crippen LogP contribution in [0.4, 0.5) is 5.82 Å². The molecule has 3 rings (SSSR count). The summed E-state index contributed by atoms with van der Waals surface area (Å²) >= 11 is 3.60. The molecule has 0 unspecified atom stereocenters. The average Bonchev–Trinajstić information content (AvgIpc) is 2.96. The summed E-state index contributed by atoms with van der Waals surface area (Å²) in [5.41, 5.74) is 8.12. The van der Waals surface area contributed by atoms with E-state index in [0.29, 0.717) is 11.6 Å². The lowest BCUT2D eigenvalue weighted by Gasteiger charge is -2.07. The highest BCUT2D eigenvalue weighted by atomic mass is 79.9. The minimum atomic E-state index is 0.448. The molecule has 0 radical (unpaired) electrons. The van der Waals surface area contributed by atoms with Gasteiger partial charge in [0.15, 0.2) is 11.3 Å². The van der Waals surface area contributed by atoms with Crippen molar-refractivity contribution in [2.45, 2.75) is 6.92 Å². The molecule has 6 heteroatoms. The second kappa shape index (κ2) is 4.31. The summed E-state index contributed by atoms with van der Waals surface area (Å²) in [6.45, 7) is 1.90. The Hall–Kier alpha value is -1.95. The lowest BCUT2D eigenvalue weighted by Crippen LogP contribution is -1.87. The number of H-pyrrole nitrogens is 1. The fourth-order valence-corrected chi connectivity index (χ4v) is 2.71. The van der Waals surface area contributed by atoms with Gasteiger partial charge in [-0.15, -0.1) is 0 Å². The molecule has 0 fully saturated rings. The molecular weight excluding hydrogens is 310 g/mol. The SMILES string of the molecule is COc1cc(-c2cc(N)n[nH]2)c(Br)c2cc(C)oc12. The zero-order chi connectivity index (χ0) is 13.6. The number of aryl methyl sites for hydroxylation is 1. The van der Waals surface area contributed by atoms with Crippen LogP contribution in [0.2, 0.25) is 0 Å². The monoisotopic (exact) mass is 321 g/mol. The van der Waals surface area contributed by atoms with E-state index in [2.05, 4.69) is 26.1 Å². The summed E-state index contributed by atoms with van der Waals surface area (Å²) in [5, 5.41) is 7.80. The van der Waals surface area contributed by atoms with Gasteiger partial charge in [-0.25, -0.2) is 0 Å². The highest BCUT2D eigenvalue weighted by Crippen LogP contribution is 2.41. The van der Waals surface area contributed by atoms with Gasteiger partial charge in [-0.05, 0) is 35.0 Å². The van der Waals surface area contributed by atoms with Crippen LogP contribution in [0.3, 0.4) is 0 Å². The van der Waals surface area contributed by atoms with Crippen LogP contribution in [0.1, 0.15) is 5.76 Å². The number of nitrogen functional groups attached to an aromatic ring is 1. The van der Waals surface area contributed by atoms with Crippen molar-refractivity contribution in [2.75, 3.05) is 12.8 Å². The highest BCUT2D eigenvalue weighted by molar-refractivity contribution is 9.10. The number of ether oxygens (including phenoxy) is 1. The minimum absolute atomic E-state index is 0.448. The standard InChI is InChI=1S/C13H12BrN3O2/c1-6-3-8-12(14)7(9-5-11(15)17-16-9)4-10(18-2)13(8)19-6/h3-5H,1-2H3,(H3,15,16,17). The first kappa shape index (κ1) is 12.1. The van der Waals surface area contributed by atoms with E-state index in [9.17, 15) is 0 Å². The van der Waals surface area contributed by atoms with Gasteiger partial charge < -0.3 is 14.9 Å². The molecular formula is C13H12BrN3O2. The second-order valence-electron chi connectivity index (χ2n) is 4.25. The number of furan rings is 1. The first-order chi connectivity index (χ1) is 9.10. The number of halogens is 1. The van der Waals surface area contributed by atoms with E-state index in [4.69, 9.17) is 14.9 Å². The number of nitrogens with zero attached hydrogens (tertiary/aromatic N) is 1. The quantitative estimate of drug-likeness (QED) is 0.757. The van der Waals surface area contributed by atoms with Crippen molar-refractivity contribution in [1.29, 1.82) is 0 Å². The lowest BCUT2D eigenvalue weighted by atomic mass is 10.1. The maximum atomic E-state index is 5.66. The number of hydrogen-bond acceptors (Lipinski definition) is 4. The maximum absolute atomic E-state index is 5.66. The van der Waals surface area contributed by atoms with Gasteiger partial charge in [-0.2, -0.15) is 5.10 Å². The zero-order valence-corrected chi connectivity index (χ0v) is 12.0. The summed E-state index contributed by atoms with van der Waals surface area (Å²) in [6, 6.07) is 5.63. The smallest absolute Gasteiger partial charge is 0.177 e. The molecule has 19 heavy (non-hydrogen) atoms. The zero-order valence-electron chi connectivity index (χ0n) is 10.5. The molecule has 0 aliphatic rings. The molecule has 0 atom stereocenters. The molecule has 2 aromatic heterocycles. The Morgan fingerprint density at radius 3 is 2.79 bits per heavy atom. The molecule has 0 spiro atoms. The number of nitrogens with two attached hydrogens (primary N) is 1. The van der Waals surface area contributed by atoms with Crippen molar-refractivity contribution in [3.8, 4) is 17.0 Å². The van der Waals surface area contributed by atoms with E-state index in [1.807, 2.05) is 19.1 Å². The predicted molar refractivity (Wildman–Crippen MR) is 77.2 cm³/mol. The molecule has 0 aliphatic heterocycles. The number of benzene rings is 1. The van der Waals surface area contributed by atoms with Gasteiger partial charge in [0.25, 0.3) is 0 Å². The van der Waals surface area contributed by atoms with E-state index in [1.165, 1.54) is 0 Å². The van der Waals surface area contributed by atoms with Gasteiger partial charge in [0.05, 0.1) is 12.8 Å². The number of methoxy groups -OCH3 is 1. The molecule has 3 aromatic rings. The van der Waals surface area contributed by atoms with E-state index in [-0.39, 0.29) is 0 Å². The molecule has 0 bridgehead atoms. The average molecular weight is 322 g/mol. The van der Waals surface area contributed by atoms with E-state index in [0.717, 1.165) is 32.5 Å². The van der Waals surface area contributed by atoms with Crippen LogP contribution >= 0.6 is 15.9 Å². The van der Waals surface area contributed by atoms with Gasteiger partial charge in [0.1, 0.15) is 11.6 Å². The molecule has 0 amide bonds. The van der Waals surface area contributed by atoms with Crippen LogP contribution in [0, 0.1) is 6.92 Å². The number of nitrogens with one attached hydrogen (secondary N) is 1. The van der Waals surface area contributed by atoms with Crippen molar-refractivity contribution in [3.05, 3.63) is 28.4 Å². The molecule has 98 valence electrons. The molecule has 1 aromatic carbocycles. The molecule has 5 nitrogen and oxygen atoms in total. The lowest BCUT2D eigenvalue weighted by molar-refractivity contribution is 0.409.